The van der Waals surface area contributed by atoms with Crippen LogP contribution in [0.5, 0.6) is 11.5 Å². The molecular formula is C19H23ClF3N3O4. The highest BCUT2D eigenvalue weighted by Gasteiger charge is 2.44. The fraction of sp³-hybridized carbons (Fsp3) is 0.579. The summed E-state index contributed by atoms with van der Waals surface area (Å²) in [7, 11) is 0. The number of carbonyl (C=O) groups excluding carboxylic acids is 1. The number of benzene rings is 1. The van der Waals surface area contributed by atoms with Crippen LogP contribution < -0.4 is 15.0 Å². The number of hydrogen-bond acceptors (Lipinski definition) is 6. The van der Waals surface area contributed by atoms with Crippen LogP contribution in [0.1, 0.15) is 31.2 Å². The molecule has 0 radical (unpaired) electrons. The van der Waals surface area contributed by atoms with E-state index in [2.05, 4.69) is 10.8 Å². The number of amides is 1. The average molecular weight is 450 g/mol. The van der Waals surface area contributed by atoms with E-state index in [0.29, 0.717) is 44.3 Å². The van der Waals surface area contributed by atoms with Gasteiger partial charge in [-0.25, -0.2) is 9.87 Å². The summed E-state index contributed by atoms with van der Waals surface area (Å²) in [6.07, 6.45) is 1.50. The number of halogens is 4. The van der Waals surface area contributed by atoms with Crippen molar-refractivity contribution in [2.24, 2.45) is 0 Å². The smallest absolute Gasteiger partial charge is 0.387 e. The standard InChI is InChI=1S/C19H22F3N3O4.ClH/c20-17(21)29-14-2-1-13(9-15(14)28-12-19(22)3-4-19)18(11-23)5-7-25(8-6-18)10-16(26)24-27;/h1-2,9,17,27H,3-8,10,12H2,(H,24,26);1H. The van der Waals surface area contributed by atoms with Crippen molar-refractivity contribution in [1.82, 2.24) is 10.4 Å². The number of carbonyl (C=O) groups is 1. The third-order valence-corrected chi connectivity index (χ3v) is 5.41. The molecule has 7 nitrogen and oxygen atoms in total. The van der Waals surface area contributed by atoms with Crippen molar-refractivity contribution >= 4 is 18.3 Å². The number of hydrogen-bond donors (Lipinski definition) is 2. The van der Waals surface area contributed by atoms with Crippen molar-refractivity contribution in [2.45, 2.75) is 43.4 Å². The van der Waals surface area contributed by atoms with Gasteiger partial charge in [-0.15, -0.1) is 12.4 Å². The predicted octanol–water partition coefficient (Wildman–Crippen LogP) is 2.95. The van der Waals surface area contributed by atoms with Gasteiger partial charge in [0, 0.05) is 13.1 Å². The van der Waals surface area contributed by atoms with E-state index in [9.17, 15) is 23.2 Å². The molecule has 1 aromatic rings. The highest BCUT2D eigenvalue weighted by molar-refractivity contribution is 5.85. The van der Waals surface area contributed by atoms with Gasteiger partial charge in [-0.1, -0.05) is 6.07 Å². The first kappa shape index (κ1) is 24.1. The molecule has 11 heteroatoms. The normalized spacial score (nSPS) is 19.3. The van der Waals surface area contributed by atoms with E-state index in [1.165, 1.54) is 18.2 Å². The fourth-order valence-corrected chi connectivity index (χ4v) is 3.40. The van der Waals surface area contributed by atoms with E-state index < -0.39 is 23.6 Å². The first-order valence-electron chi connectivity index (χ1n) is 9.27. The minimum absolute atomic E-state index is 0. The Morgan fingerprint density at radius 2 is 1.93 bits per heavy atom. The molecule has 2 aliphatic rings. The topological polar surface area (TPSA) is 94.8 Å². The molecule has 2 N–H and O–H groups in total. The lowest BCUT2D eigenvalue weighted by Crippen LogP contribution is -2.45. The van der Waals surface area contributed by atoms with Gasteiger partial charge in [0.1, 0.15) is 12.3 Å². The van der Waals surface area contributed by atoms with E-state index in [1.54, 1.807) is 10.4 Å². The van der Waals surface area contributed by atoms with E-state index in [0.717, 1.165) is 0 Å². The number of nitriles is 1. The van der Waals surface area contributed by atoms with Crippen molar-refractivity contribution < 1.29 is 32.6 Å². The molecule has 1 aromatic carbocycles. The summed E-state index contributed by atoms with van der Waals surface area (Å²) in [5.74, 6) is -0.777. The van der Waals surface area contributed by atoms with Crippen molar-refractivity contribution in [1.29, 1.82) is 5.26 Å². The molecule has 0 unspecified atom stereocenters. The summed E-state index contributed by atoms with van der Waals surface area (Å²) < 4.78 is 49.2. The molecule has 1 saturated heterocycles. The maximum Gasteiger partial charge on any atom is 0.387 e. The van der Waals surface area contributed by atoms with Gasteiger partial charge in [-0.2, -0.15) is 14.0 Å². The SMILES string of the molecule is Cl.N#CC1(c2ccc(OC(F)F)c(OCC3(F)CC3)c2)CCN(CC(=O)NO)CC1. The zero-order valence-electron chi connectivity index (χ0n) is 16.1. The van der Waals surface area contributed by atoms with Crippen LogP contribution in [0.25, 0.3) is 0 Å². The maximum atomic E-state index is 13.9. The van der Waals surface area contributed by atoms with Gasteiger partial charge in [0.15, 0.2) is 11.5 Å². The van der Waals surface area contributed by atoms with Crippen molar-refractivity contribution in [3.05, 3.63) is 23.8 Å². The third kappa shape index (κ3) is 5.68. The van der Waals surface area contributed by atoms with Gasteiger partial charge in [-0.05, 0) is 43.4 Å². The van der Waals surface area contributed by atoms with Gasteiger partial charge in [0.25, 0.3) is 5.91 Å². The van der Waals surface area contributed by atoms with Crippen LogP contribution in [0.4, 0.5) is 13.2 Å². The lowest BCUT2D eigenvalue weighted by molar-refractivity contribution is -0.130. The summed E-state index contributed by atoms with van der Waals surface area (Å²) in [4.78, 5) is 13.1. The first-order chi connectivity index (χ1) is 13.8. The molecule has 0 atom stereocenters. The fourth-order valence-electron chi connectivity index (χ4n) is 3.40. The van der Waals surface area contributed by atoms with Crippen LogP contribution in [0.2, 0.25) is 0 Å². The Balaban J connectivity index is 0.00000320. The number of nitrogens with zero attached hydrogens (tertiary/aromatic N) is 2. The Morgan fingerprint density at radius 1 is 1.27 bits per heavy atom. The second kappa shape index (κ2) is 9.73. The van der Waals surface area contributed by atoms with Crippen molar-refractivity contribution in [3.63, 3.8) is 0 Å². The van der Waals surface area contributed by atoms with Crippen LogP contribution in [0.3, 0.4) is 0 Å². The zero-order chi connectivity index (χ0) is 21.1. The molecule has 1 aliphatic heterocycles. The van der Waals surface area contributed by atoms with Crippen LogP contribution >= 0.6 is 12.4 Å². The minimum atomic E-state index is -3.06. The number of hydroxylamine groups is 1. The molecule has 0 bridgehead atoms. The summed E-state index contributed by atoms with van der Waals surface area (Å²) in [5, 5.41) is 18.5. The monoisotopic (exact) mass is 449 g/mol. The highest BCUT2D eigenvalue weighted by atomic mass is 35.5. The summed E-state index contributed by atoms with van der Waals surface area (Å²) in [6.45, 7) is -2.46. The average Bonchev–Trinajstić information content (AvgIpc) is 3.45. The Kier molecular flexibility index (Phi) is 7.80. The number of likely N-dealkylation sites (tertiary alicyclic amines) is 1. The number of rotatable bonds is 8. The highest BCUT2D eigenvalue weighted by Crippen LogP contribution is 2.43. The molecule has 3 rings (SSSR count). The molecule has 30 heavy (non-hydrogen) atoms. The van der Waals surface area contributed by atoms with Gasteiger partial charge in [-0.3, -0.25) is 14.9 Å². The summed E-state index contributed by atoms with van der Waals surface area (Å²) in [6, 6.07) is 6.60. The second-order valence-electron chi connectivity index (χ2n) is 7.48. The van der Waals surface area contributed by atoms with E-state index in [-0.39, 0.29) is 37.1 Å². The van der Waals surface area contributed by atoms with Crippen molar-refractivity contribution in [2.75, 3.05) is 26.2 Å². The maximum absolute atomic E-state index is 13.9. The van der Waals surface area contributed by atoms with Gasteiger partial charge >= 0.3 is 6.61 Å². The van der Waals surface area contributed by atoms with Gasteiger partial charge in [0.05, 0.1) is 18.0 Å². The molecule has 1 saturated carbocycles. The zero-order valence-corrected chi connectivity index (χ0v) is 16.9. The molecular weight excluding hydrogens is 427 g/mol. The van der Waals surface area contributed by atoms with E-state index in [4.69, 9.17) is 9.94 Å². The Morgan fingerprint density at radius 3 is 2.47 bits per heavy atom. The molecule has 1 heterocycles. The summed E-state index contributed by atoms with van der Waals surface area (Å²) >= 11 is 0. The Labute approximate surface area is 178 Å². The number of alkyl halides is 3. The Hall–Kier alpha value is -2.22. The van der Waals surface area contributed by atoms with Gasteiger partial charge in [0.2, 0.25) is 0 Å². The van der Waals surface area contributed by atoms with Crippen LogP contribution in [-0.4, -0.2) is 54.5 Å². The molecule has 0 spiro atoms. The van der Waals surface area contributed by atoms with Crippen LogP contribution in [-0.2, 0) is 10.2 Å². The van der Waals surface area contributed by atoms with E-state index in [1.807, 2.05) is 0 Å². The molecule has 1 amide bonds. The molecule has 0 aromatic heterocycles. The second-order valence-corrected chi connectivity index (χ2v) is 7.48. The summed E-state index contributed by atoms with van der Waals surface area (Å²) in [5.41, 5.74) is -0.210. The minimum Gasteiger partial charge on any atom is -0.486 e. The first-order valence-corrected chi connectivity index (χ1v) is 9.27. The lowest BCUT2D eigenvalue weighted by atomic mass is 9.74. The predicted molar refractivity (Wildman–Crippen MR) is 102 cm³/mol. The Bertz CT molecular complexity index is 794. The van der Waals surface area contributed by atoms with Crippen LogP contribution in [0.15, 0.2) is 18.2 Å². The number of ether oxygens (including phenoxy) is 2. The van der Waals surface area contributed by atoms with Crippen LogP contribution in [0, 0.1) is 11.3 Å². The molecule has 2 fully saturated rings. The van der Waals surface area contributed by atoms with Gasteiger partial charge < -0.3 is 9.47 Å². The molecule has 1 aliphatic carbocycles. The van der Waals surface area contributed by atoms with Crippen molar-refractivity contribution in [3.8, 4) is 17.6 Å². The lowest BCUT2D eigenvalue weighted by Gasteiger charge is -2.37. The van der Waals surface area contributed by atoms with E-state index >= 15 is 0 Å². The largest absolute Gasteiger partial charge is 0.486 e. The number of nitrogens with one attached hydrogen (secondary N) is 1. The quantitative estimate of drug-likeness (QED) is 0.468. The third-order valence-electron chi connectivity index (χ3n) is 5.41. The number of piperidine rings is 1. The molecule has 166 valence electrons.